The number of rotatable bonds is 9. The lowest BCUT2D eigenvalue weighted by molar-refractivity contribution is -0.143. The van der Waals surface area contributed by atoms with Crippen LogP contribution in [0.4, 0.5) is 36.8 Å². The highest BCUT2D eigenvalue weighted by Crippen LogP contribution is 2.41. The quantitative estimate of drug-likeness (QED) is 0.229. The van der Waals surface area contributed by atoms with E-state index in [9.17, 15) is 31.1 Å². The van der Waals surface area contributed by atoms with Crippen LogP contribution < -0.4 is 15.0 Å². The summed E-state index contributed by atoms with van der Waals surface area (Å²) >= 11 is 0. The number of amides is 1. The zero-order valence-corrected chi connectivity index (χ0v) is 26.9. The second-order valence-electron chi connectivity index (χ2n) is 11.4. The van der Waals surface area contributed by atoms with Crippen molar-refractivity contribution in [3.63, 3.8) is 0 Å². The molecule has 1 N–H and O–H groups in total. The summed E-state index contributed by atoms with van der Waals surface area (Å²) in [6.07, 6.45) is -8.19. The lowest BCUT2D eigenvalue weighted by Gasteiger charge is -2.39. The number of carbonyl (C=O) groups excluding carboxylic acids is 1. The molecule has 15 heteroatoms. The first-order valence-electron chi connectivity index (χ1n) is 15.5. The molecule has 0 saturated heterocycles. The van der Waals surface area contributed by atoms with E-state index in [1.54, 1.807) is 25.3 Å². The van der Waals surface area contributed by atoms with Gasteiger partial charge < -0.3 is 24.4 Å². The number of benzene rings is 2. The Bertz CT molecular complexity index is 1660. The number of halogens is 6. The van der Waals surface area contributed by atoms with Gasteiger partial charge in [0.05, 0.1) is 42.8 Å². The number of nitrogens with zero attached hydrogens (tertiary/aromatic N) is 4. The number of carbonyl (C=O) groups is 1. The number of methoxy groups -OCH3 is 1. The number of nitrogens with one attached hydrogen (secondary N) is 1. The van der Waals surface area contributed by atoms with Crippen LogP contribution in [0.2, 0.25) is 0 Å². The minimum Gasteiger partial charge on any atom is -0.490 e. The number of hydrogen-bond donors (Lipinski definition) is 1. The van der Waals surface area contributed by atoms with Crippen molar-refractivity contribution in [3.05, 3.63) is 101 Å². The van der Waals surface area contributed by atoms with Gasteiger partial charge in [0.15, 0.2) is 5.96 Å². The van der Waals surface area contributed by atoms with Gasteiger partial charge in [-0.2, -0.15) is 26.3 Å². The van der Waals surface area contributed by atoms with Gasteiger partial charge in [-0.1, -0.05) is 37.3 Å². The van der Waals surface area contributed by atoms with Gasteiger partial charge in [-0.3, -0.25) is 4.90 Å². The lowest BCUT2D eigenvalue weighted by Crippen LogP contribution is -2.47. The van der Waals surface area contributed by atoms with Gasteiger partial charge in [0.2, 0.25) is 5.88 Å². The standard InChI is InChI=1S/C34H35F6N5O4/c1-4-25-16-27(30-28(11-12-29(43-30)47-3)45(25)32(46)48-5-2)42-31-41-17-26(49-20-21-9-7-6-8-10-21)19-44(31)18-22-13-23(33(35,36)37)15-24(14-22)34(38,39)40/h6-15,17,25,27H,4-5,16,18-20H2,1-3H3,(H,41,42)/t25-,27+/m1/s1. The first-order chi connectivity index (χ1) is 23.3. The van der Waals surface area contributed by atoms with Crippen LogP contribution in [0.5, 0.6) is 5.88 Å². The van der Waals surface area contributed by atoms with Crippen molar-refractivity contribution in [3.8, 4) is 5.88 Å². The summed E-state index contributed by atoms with van der Waals surface area (Å²) in [5, 5.41) is 3.04. The minimum atomic E-state index is -5.01. The predicted octanol–water partition coefficient (Wildman–Crippen LogP) is 7.83. The second kappa shape index (κ2) is 14.7. The summed E-state index contributed by atoms with van der Waals surface area (Å²) < 4.78 is 99.0. The maximum atomic E-state index is 13.7. The van der Waals surface area contributed by atoms with Gasteiger partial charge in [0.1, 0.15) is 18.4 Å². The normalized spacial score (nSPS) is 18.8. The molecule has 2 aliphatic heterocycles. The SMILES string of the molecule is CCOC(=O)N1c2ccc(OC)nc2[C@@H](N=C2NC=C(OCc3ccccc3)CN2Cc2cc(C(F)(F)F)cc(C(F)(F)F)c2)C[C@H]1CC. The summed E-state index contributed by atoms with van der Waals surface area (Å²) in [5.74, 6) is 0.809. The highest BCUT2D eigenvalue weighted by molar-refractivity contribution is 5.90. The summed E-state index contributed by atoms with van der Waals surface area (Å²) in [6.45, 7) is 3.54. The Balaban J connectivity index is 1.55. The summed E-state index contributed by atoms with van der Waals surface area (Å²) in [7, 11) is 1.44. The topological polar surface area (TPSA) is 88.5 Å². The maximum absolute atomic E-state index is 13.7. The van der Waals surface area contributed by atoms with Crippen molar-refractivity contribution >= 4 is 17.7 Å². The number of aliphatic imine (C=N–C) groups is 1. The highest BCUT2D eigenvalue weighted by atomic mass is 19.4. The van der Waals surface area contributed by atoms with E-state index in [4.69, 9.17) is 19.2 Å². The fourth-order valence-electron chi connectivity index (χ4n) is 5.70. The average molecular weight is 692 g/mol. The molecule has 0 unspecified atom stereocenters. The molecule has 49 heavy (non-hydrogen) atoms. The zero-order valence-electron chi connectivity index (χ0n) is 26.9. The summed E-state index contributed by atoms with van der Waals surface area (Å²) in [5.41, 5.74) is -1.37. The summed E-state index contributed by atoms with van der Waals surface area (Å²) in [6, 6.07) is 13.0. The highest BCUT2D eigenvalue weighted by Gasteiger charge is 2.39. The van der Waals surface area contributed by atoms with Gasteiger partial charge >= 0.3 is 18.4 Å². The van der Waals surface area contributed by atoms with E-state index in [-0.39, 0.29) is 55.8 Å². The smallest absolute Gasteiger partial charge is 0.416 e. The van der Waals surface area contributed by atoms with E-state index in [0.717, 1.165) is 5.56 Å². The van der Waals surface area contributed by atoms with Crippen LogP contribution in [0.1, 0.15) is 60.7 Å². The molecule has 0 radical (unpaired) electrons. The number of aromatic nitrogens is 1. The Morgan fingerprint density at radius 2 is 1.67 bits per heavy atom. The first kappa shape index (κ1) is 35.4. The number of ether oxygens (including phenoxy) is 3. The Morgan fingerprint density at radius 1 is 0.980 bits per heavy atom. The van der Waals surface area contributed by atoms with Crippen LogP contribution in [-0.2, 0) is 35.0 Å². The molecular weight excluding hydrogens is 656 g/mol. The molecule has 2 atom stereocenters. The molecule has 0 bridgehead atoms. The average Bonchev–Trinajstić information content (AvgIpc) is 3.07. The molecule has 1 amide bonds. The molecule has 0 aliphatic carbocycles. The molecule has 3 heterocycles. The number of hydrogen-bond acceptors (Lipinski definition) is 6. The number of alkyl halides is 6. The molecule has 0 saturated carbocycles. The molecule has 1 aromatic heterocycles. The third kappa shape index (κ3) is 8.38. The van der Waals surface area contributed by atoms with Crippen LogP contribution in [0.3, 0.4) is 0 Å². The van der Waals surface area contributed by atoms with E-state index >= 15 is 0 Å². The van der Waals surface area contributed by atoms with Crippen LogP contribution in [-0.4, -0.2) is 48.2 Å². The van der Waals surface area contributed by atoms with Gasteiger partial charge in [-0.05, 0) is 55.2 Å². The van der Waals surface area contributed by atoms with Crippen LogP contribution in [0.15, 0.2) is 77.6 Å². The van der Waals surface area contributed by atoms with Gasteiger partial charge in [-0.25, -0.2) is 14.8 Å². The summed E-state index contributed by atoms with van der Waals surface area (Å²) in [4.78, 5) is 25.6. The monoisotopic (exact) mass is 691 g/mol. The Labute approximate surface area is 279 Å². The van der Waals surface area contributed by atoms with Crippen molar-refractivity contribution in [1.29, 1.82) is 0 Å². The van der Waals surface area contributed by atoms with Crippen molar-refractivity contribution in [1.82, 2.24) is 15.2 Å². The molecule has 2 aliphatic rings. The second-order valence-corrected chi connectivity index (χ2v) is 11.4. The molecule has 0 fully saturated rings. The number of guanidine groups is 1. The largest absolute Gasteiger partial charge is 0.490 e. The van der Waals surface area contributed by atoms with Crippen molar-refractivity contribution in [2.75, 3.05) is 25.2 Å². The zero-order chi connectivity index (χ0) is 35.3. The Kier molecular flexibility index (Phi) is 10.6. The molecule has 2 aromatic carbocycles. The molecule has 262 valence electrons. The van der Waals surface area contributed by atoms with Crippen LogP contribution in [0.25, 0.3) is 0 Å². The fraction of sp³-hybridized carbons (Fsp3) is 0.382. The Hall–Kier alpha value is -4.95. The van der Waals surface area contributed by atoms with E-state index < -0.39 is 35.6 Å². The molecule has 5 rings (SSSR count). The van der Waals surface area contributed by atoms with E-state index in [1.807, 2.05) is 37.3 Å². The fourth-order valence-corrected chi connectivity index (χ4v) is 5.70. The Morgan fingerprint density at radius 3 is 2.29 bits per heavy atom. The van der Waals surface area contributed by atoms with Crippen molar-refractivity contribution < 1.29 is 45.3 Å². The van der Waals surface area contributed by atoms with Gasteiger partial charge in [-0.15, -0.1) is 0 Å². The van der Waals surface area contributed by atoms with Crippen LogP contribution in [0, 0.1) is 0 Å². The lowest BCUT2D eigenvalue weighted by atomic mass is 9.94. The molecule has 3 aromatic rings. The van der Waals surface area contributed by atoms with Crippen LogP contribution >= 0.6 is 0 Å². The van der Waals surface area contributed by atoms with Crippen molar-refractivity contribution in [2.24, 2.45) is 4.99 Å². The molecular formula is C34H35F6N5O4. The third-order valence-electron chi connectivity index (χ3n) is 8.03. The van der Waals surface area contributed by atoms with E-state index in [2.05, 4.69) is 10.3 Å². The van der Waals surface area contributed by atoms with E-state index in [1.165, 1.54) is 16.9 Å². The predicted molar refractivity (Wildman–Crippen MR) is 168 cm³/mol. The number of anilines is 1. The third-order valence-corrected chi connectivity index (χ3v) is 8.03. The minimum absolute atomic E-state index is 0.0203. The molecule has 9 nitrogen and oxygen atoms in total. The number of fused-ring (bicyclic) bond motifs is 1. The van der Waals surface area contributed by atoms with E-state index in [0.29, 0.717) is 42.1 Å². The molecule has 0 spiro atoms. The van der Waals surface area contributed by atoms with Gasteiger partial charge in [0, 0.05) is 24.9 Å². The maximum Gasteiger partial charge on any atom is 0.416 e. The van der Waals surface area contributed by atoms with Crippen molar-refractivity contribution in [2.45, 2.75) is 64.3 Å². The first-order valence-corrected chi connectivity index (χ1v) is 15.5. The van der Waals surface area contributed by atoms with Gasteiger partial charge in [0.25, 0.3) is 0 Å². The number of pyridine rings is 1.